The summed E-state index contributed by atoms with van der Waals surface area (Å²) in [5.74, 6) is 1.45. The molecule has 0 radical (unpaired) electrons. The van der Waals surface area contributed by atoms with Crippen LogP contribution >= 0.6 is 0 Å². The zero-order chi connectivity index (χ0) is 14.8. The highest BCUT2D eigenvalue weighted by Crippen LogP contribution is 2.24. The summed E-state index contributed by atoms with van der Waals surface area (Å²) in [6, 6.07) is 2.12. The lowest BCUT2D eigenvalue weighted by Gasteiger charge is -2.13. The molecule has 20 heavy (non-hydrogen) atoms. The lowest BCUT2D eigenvalue weighted by Crippen LogP contribution is -2.23. The Morgan fingerprint density at radius 1 is 1.30 bits per heavy atom. The maximum Gasteiger partial charge on any atom is 0.152 e. The molecule has 0 aliphatic heterocycles. The average Bonchev–Trinajstić information content (AvgIpc) is 2.81. The van der Waals surface area contributed by atoms with E-state index in [1.165, 1.54) is 0 Å². The van der Waals surface area contributed by atoms with Crippen LogP contribution in [0.2, 0.25) is 0 Å². The molecule has 1 unspecified atom stereocenters. The van der Waals surface area contributed by atoms with Gasteiger partial charge in [0.2, 0.25) is 0 Å². The summed E-state index contributed by atoms with van der Waals surface area (Å²) < 4.78 is 1.90. The summed E-state index contributed by atoms with van der Waals surface area (Å²) in [5, 5.41) is 11.2. The third kappa shape index (κ3) is 3.28. The number of nitrogens with zero attached hydrogens (tertiary/aromatic N) is 3. The van der Waals surface area contributed by atoms with Crippen molar-refractivity contribution < 1.29 is 0 Å². The van der Waals surface area contributed by atoms with E-state index in [0.717, 1.165) is 30.1 Å². The molecule has 1 atom stereocenters. The first-order valence-corrected chi connectivity index (χ1v) is 7.15. The second kappa shape index (κ2) is 5.79. The second-order valence-electron chi connectivity index (χ2n) is 6.43. The minimum absolute atomic E-state index is 0.0444. The van der Waals surface area contributed by atoms with Crippen molar-refractivity contribution in [2.24, 2.45) is 5.92 Å². The summed E-state index contributed by atoms with van der Waals surface area (Å²) in [6.45, 7) is 10.6. The Bertz CT molecular complexity index is 567. The topological polar surface area (TPSA) is 54.2 Å². The molecule has 0 saturated carbocycles. The molecule has 0 aliphatic rings. The number of nitrogens with one attached hydrogen (secondary N) is 2. The molecule has 110 valence electrons. The van der Waals surface area contributed by atoms with Crippen LogP contribution in [0.15, 0.2) is 18.5 Å². The smallest absolute Gasteiger partial charge is 0.152 e. The van der Waals surface area contributed by atoms with Crippen molar-refractivity contribution in [3.05, 3.63) is 24.2 Å². The zero-order valence-electron chi connectivity index (χ0n) is 13.1. The Morgan fingerprint density at radius 3 is 2.70 bits per heavy atom. The van der Waals surface area contributed by atoms with E-state index in [4.69, 9.17) is 0 Å². The maximum atomic E-state index is 4.63. The highest BCUT2D eigenvalue weighted by Gasteiger charge is 2.19. The minimum Gasteiger partial charge on any atom is -0.368 e. The van der Waals surface area contributed by atoms with Gasteiger partial charge in [-0.25, -0.2) is 9.50 Å². The number of hydrogen-bond donors (Lipinski definition) is 2. The van der Waals surface area contributed by atoms with Crippen molar-refractivity contribution in [3.8, 4) is 0 Å². The van der Waals surface area contributed by atoms with Gasteiger partial charge in [0.05, 0.1) is 5.69 Å². The van der Waals surface area contributed by atoms with Crippen molar-refractivity contribution in [2.45, 2.75) is 33.1 Å². The molecule has 2 heterocycles. The third-order valence-corrected chi connectivity index (χ3v) is 3.33. The Kier molecular flexibility index (Phi) is 4.28. The quantitative estimate of drug-likeness (QED) is 0.879. The molecule has 0 amide bonds. The van der Waals surface area contributed by atoms with Gasteiger partial charge in [-0.3, -0.25) is 0 Å². The fraction of sp³-hybridized carbons (Fsp3) is 0.600. The van der Waals surface area contributed by atoms with E-state index in [1.54, 1.807) is 6.20 Å². The van der Waals surface area contributed by atoms with Crippen LogP contribution < -0.4 is 10.6 Å². The van der Waals surface area contributed by atoms with Crippen LogP contribution in [-0.2, 0) is 5.41 Å². The van der Waals surface area contributed by atoms with Crippen molar-refractivity contribution in [3.63, 3.8) is 0 Å². The average molecular weight is 275 g/mol. The fourth-order valence-corrected chi connectivity index (χ4v) is 2.12. The second-order valence-corrected chi connectivity index (χ2v) is 6.43. The Morgan fingerprint density at radius 2 is 2.05 bits per heavy atom. The normalized spacial score (nSPS) is 13.7. The highest BCUT2D eigenvalue weighted by molar-refractivity contribution is 5.68. The number of aromatic nitrogens is 3. The Hall–Kier alpha value is -1.62. The van der Waals surface area contributed by atoms with Crippen LogP contribution in [0.4, 0.5) is 5.82 Å². The first-order chi connectivity index (χ1) is 9.41. The van der Waals surface area contributed by atoms with Crippen molar-refractivity contribution in [1.82, 2.24) is 19.9 Å². The summed E-state index contributed by atoms with van der Waals surface area (Å²) in [4.78, 5) is 4.44. The first-order valence-electron chi connectivity index (χ1n) is 7.15. The van der Waals surface area contributed by atoms with Gasteiger partial charge in [0.1, 0.15) is 5.52 Å². The van der Waals surface area contributed by atoms with E-state index in [2.05, 4.69) is 54.5 Å². The fourth-order valence-electron chi connectivity index (χ4n) is 2.12. The number of hydrogen-bond acceptors (Lipinski definition) is 4. The van der Waals surface area contributed by atoms with E-state index < -0.39 is 0 Å². The van der Waals surface area contributed by atoms with Crippen LogP contribution in [0.5, 0.6) is 0 Å². The van der Waals surface area contributed by atoms with Crippen molar-refractivity contribution in [2.75, 3.05) is 25.5 Å². The van der Waals surface area contributed by atoms with Gasteiger partial charge >= 0.3 is 0 Å². The summed E-state index contributed by atoms with van der Waals surface area (Å²) in [6.07, 6.45) is 3.68. The summed E-state index contributed by atoms with van der Waals surface area (Å²) >= 11 is 0. The monoisotopic (exact) mass is 275 g/mol. The van der Waals surface area contributed by atoms with Gasteiger partial charge in [-0.15, -0.1) is 0 Å². The molecule has 0 aromatic carbocycles. The largest absolute Gasteiger partial charge is 0.368 e. The van der Waals surface area contributed by atoms with Gasteiger partial charge in [-0.2, -0.15) is 5.10 Å². The highest BCUT2D eigenvalue weighted by atomic mass is 15.2. The Balaban J connectivity index is 2.23. The van der Waals surface area contributed by atoms with E-state index >= 15 is 0 Å². The van der Waals surface area contributed by atoms with Gasteiger partial charge in [0, 0.05) is 24.4 Å². The first kappa shape index (κ1) is 14.8. The van der Waals surface area contributed by atoms with Gasteiger partial charge < -0.3 is 10.6 Å². The lowest BCUT2D eigenvalue weighted by molar-refractivity contribution is 0.562. The molecule has 0 spiro atoms. The van der Waals surface area contributed by atoms with E-state index in [-0.39, 0.29) is 5.41 Å². The molecule has 5 nitrogen and oxygen atoms in total. The van der Waals surface area contributed by atoms with Gasteiger partial charge in [-0.05, 0) is 25.6 Å². The predicted octanol–water partition coefficient (Wildman–Crippen LogP) is 2.29. The molecule has 0 aliphatic carbocycles. The molecule has 0 bridgehead atoms. The van der Waals surface area contributed by atoms with Crippen LogP contribution in [0, 0.1) is 5.92 Å². The number of fused-ring (bicyclic) bond motifs is 1. The molecule has 0 fully saturated rings. The standard InChI is InChI=1S/C15H25N5/c1-11(9-16-5)10-18-14-12-8-13(15(2,3)4)19-20(12)7-6-17-14/h6-8,11,16H,9-10H2,1-5H3,(H,17,18). The van der Waals surface area contributed by atoms with E-state index in [0.29, 0.717) is 5.92 Å². The lowest BCUT2D eigenvalue weighted by atomic mass is 9.92. The molecule has 2 N–H and O–H groups in total. The third-order valence-electron chi connectivity index (χ3n) is 3.33. The van der Waals surface area contributed by atoms with Crippen LogP contribution in [0.1, 0.15) is 33.4 Å². The van der Waals surface area contributed by atoms with Crippen molar-refractivity contribution >= 4 is 11.3 Å². The van der Waals surface area contributed by atoms with Crippen LogP contribution in [0.3, 0.4) is 0 Å². The van der Waals surface area contributed by atoms with Crippen molar-refractivity contribution in [1.29, 1.82) is 0 Å². The van der Waals surface area contributed by atoms with Crippen LogP contribution in [-0.4, -0.2) is 34.7 Å². The molecule has 2 aromatic rings. The molecular formula is C15H25N5. The minimum atomic E-state index is 0.0444. The maximum absolute atomic E-state index is 4.63. The summed E-state index contributed by atoms with van der Waals surface area (Å²) in [7, 11) is 1.97. The van der Waals surface area contributed by atoms with Crippen LogP contribution in [0.25, 0.3) is 5.52 Å². The molecule has 0 saturated heterocycles. The van der Waals surface area contributed by atoms with Gasteiger partial charge in [0.25, 0.3) is 0 Å². The molecule has 5 heteroatoms. The molecular weight excluding hydrogens is 250 g/mol. The predicted molar refractivity (Wildman–Crippen MR) is 83.3 cm³/mol. The number of rotatable bonds is 5. The SMILES string of the molecule is CNCC(C)CNc1nccn2nc(C(C)(C)C)cc12. The van der Waals surface area contributed by atoms with Gasteiger partial charge in [0.15, 0.2) is 5.82 Å². The zero-order valence-corrected chi connectivity index (χ0v) is 13.1. The van der Waals surface area contributed by atoms with Gasteiger partial charge in [-0.1, -0.05) is 27.7 Å². The summed E-state index contributed by atoms with van der Waals surface area (Å²) in [5.41, 5.74) is 2.16. The van der Waals surface area contributed by atoms with E-state index in [9.17, 15) is 0 Å². The Labute approximate surface area is 120 Å². The van der Waals surface area contributed by atoms with E-state index in [1.807, 2.05) is 17.8 Å². The number of anilines is 1. The molecule has 2 aromatic heterocycles. The molecule has 2 rings (SSSR count).